The lowest BCUT2D eigenvalue weighted by Gasteiger charge is -2.25. The Morgan fingerprint density at radius 1 is 1.09 bits per heavy atom. The summed E-state index contributed by atoms with van der Waals surface area (Å²) in [6.07, 6.45) is -1.57. The largest absolute Gasteiger partial charge is 0.484 e. The molecule has 2 N–H and O–H groups in total. The summed E-state index contributed by atoms with van der Waals surface area (Å²) in [5.41, 5.74) is 2.29. The monoisotopic (exact) mass is 478 g/mol. The molecule has 1 aromatic carbocycles. The minimum absolute atomic E-state index is 0.147. The Bertz CT molecular complexity index is 1160. The van der Waals surface area contributed by atoms with Crippen molar-refractivity contribution in [3.63, 3.8) is 0 Å². The molecule has 0 spiro atoms. The number of fused-ring (bicyclic) bond motifs is 1. The van der Waals surface area contributed by atoms with E-state index in [1.807, 2.05) is 27.7 Å². The molecule has 3 aromatic rings. The van der Waals surface area contributed by atoms with Crippen molar-refractivity contribution in [2.45, 2.75) is 77.1 Å². The van der Waals surface area contributed by atoms with Gasteiger partial charge in [0.2, 0.25) is 0 Å². The Balaban J connectivity index is 1.67. The molecule has 0 aliphatic heterocycles. The van der Waals surface area contributed by atoms with E-state index < -0.39 is 18.2 Å². The number of benzene rings is 1. The minimum Gasteiger partial charge on any atom is -0.484 e. The van der Waals surface area contributed by atoms with Gasteiger partial charge in [0.1, 0.15) is 11.4 Å². The Kier molecular flexibility index (Phi) is 6.46. The smallest absolute Gasteiger partial charge is 0.422 e. The number of hydrogen-bond donors (Lipinski definition) is 2. The van der Waals surface area contributed by atoms with E-state index in [0.717, 1.165) is 36.8 Å². The number of alkyl halides is 3. The number of hydrogen-bond acceptors (Lipinski definition) is 7. The number of nitrogens with zero attached hydrogens (tertiary/aromatic N) is 3. The summed E-state index contributed by atoms with van der Waals surface area (Å²) in [5, 5.41) is 21.8. The van der Waals surface area contributed by atoms with Crippen molar-refractivity contribution >= 4 is 16.9 Å². The standard InChI is InChI=1S/C24H29F3N4O3/c1-13-9-19(21-30-31-22(34-21)28-14-5-7-15(32)8-6-14)29-20-17(13)10-16(33-12-24(25,26)27)11-18(20)23(2,3)4/h9-11,14-15,32H,5-8,12H2,1-4H3,(H,28,31)/t14-,15+. The summed E-state index contributed by atoms with van der Waals surface area (Å²) < 4.78 is 49.0. The van der Waals surface area contributed by atoms with Crippen LogP contribution in [0.15, 0.2) is 22.6 Å². The summed E-state index contributed by atoms with van der Waals surface area (Å²) in [5.74, 6) is 0.398. The highest BCUT2D eigenvalue weighted by Gasteiger charge is 2.29. The summed E-state index contributed by atoms with van der Waals surface area (Å²) in [6.45, 7) is 6.40. The van der Waals surface area contributed by atoms with Gasteiger partial charge >= 0.3 is 12.2 Å². The number of aliphatic hydroxyl groups excluding tert-OH is 1. The van der Waals surface area contributed by atoms with Crippen LogP contribution in [0.4, 0.5) is 19.2 Å². The lowest BCUT2D eigenvalue weighted by molar-refractivity contribution is -0.153. The predicted molar refractivity (Wildman–Crippen MR) is 122 cm³/mol. The van der Waals surface area contributed by atoms with E-state index in [9.17, 15) is 18.3 Å². The third-order valence-electron chi connectivity index (χ3n) is 5.97. The van der Waals surface area contributed by atoms with Crippen molar-refractivity contribution in [1.29, 1.82) is 0 Å². The average molecular weight is 479 g/mol. The SMILES string of the molecule is Cc1cc(-c2nnc(N[C@H]3CC[C@@H](O)CC3)o2)nc2c(C(C)(C)C)cc(OCC(F)(F)F)cc12. The average Bonchev–Trinajstić information content (AvgIpc) is 3.21. The molecule has 1 fully saturated rings. The first-order valence-corrected chi connectivity index (χ1v) is 11.3. The van der Waals surface area contributed by atoms with Crippen LogP contribution in [0, 0.1) is 6.92 Å². The highest BCUT2D eigenvalue weighted by molar-refractivity contribution is 5.89. The molecule has 0 radical (unpaired) electrons. The molecule has 0 unspecified atom stereocenters. The molecule has 2 aromatic heterocycles. The molecule has 10 heteroatoms. The van der Waals surface area contributed by atoms with Gasteiger partial charge in [0, 0.05) is 11.4 Å². The molecule has 4 rings (SSSR count). The van der Waals surface area contributed by atoms with Crippen molar-refractivity contribution < 1.29 is 27.4 Å². The second kappa shape index (κ2) is 9.05. The van der Waals surface area contributed by atoms with E-state index in [1.165, 1.54) is 0 Å². The van der Waals surface area contributed by atoms with Gasteiger partial charge in [-0.1, -0.05) is 25.9 Å². The fourth-order valence-corrected chi connectivity index (χ4v) is 4.17. The van der Waals surface area contributed by atoms with Gasteiger partial charge in [-0.15, -0.1) is 5.10 Å². The lowest BCUT2D eigenvalue weighted by atomic mass is 9.84. The van der Waals surface area contributed by atoms with Crippen LogP contribution in [-0.2, 0) is 5.41 Å². The molecule has 0 amide bonds. The number of anilines is 1. The summed E-state index contributed by atoms with van der Waals surface area (Å²) in [4.78, 5) is 4.76. The normalized spacial score (nSPS) is 19.4. The van der Waals surface area contributed by atoms with Crippen molar-refractivity contribution in [2.24, 2.45) is 0 Å². The Morgan fingerprint density at radius 3 is 2.44 bits per heavy atom. The lowest BCUT2D eigenvalue weighted by Crippen LogP contribution is -2.28. The van der Waals surface area contributed by atoms with Gasteiger partial charge < -0.3 is 19.6 Å². The molecule has 2 heterocycles. The van der Waals surface area contributed by atoms with Gasteiger partial charge in [-0.3, -0.25) is 0 Å². The third kappa shape index (κ3) is 5.60. The number of pyridine rings is 1. The zero-order chi connectivity index (χ0) is 24.7. The molecule has 0 atom stereocenters. The molecule has 1 aliphatic carbocycles. The van der Waals surface area contributed by atoms with Gasteiger partial charge in [0.25, 0.3) is 5.89 Å². The van der Waals surface area contributed by atoms with Crippen LogP contribution in [0.1, 0.15) is 57.6 Å². The van der Waals surface area contributed by atoms with Gasteiger partial charge in [0.05, 0.1) is 11.6 Å². The van der Waals surface area contributed by atoms with Gasteiger partial charge in [-0.05, 0) is 67.3 Å². The van der Waals surface area contributed by atoms with Gasteiger partial charge in [-0.25, -0.2) is 4.98 Å². The Morgan fingerprint density at radius 2 is 1.79 bits per heavy atom. The maximum Gasteiger partial charge on any atom is 0.422 e. The zero-order valence-electron chi connectivity index (χ0n) is 19.7. The molecule has 7 nitrogen and oxygen atoms in total. The van der Waals surface area contributed by atoms with E-state index >= 15 is 0 Å². The zero-order valence-corrected chi connectivity index (χ0v) is 19.7. The van der Waals surface area contributed by atoms with Crippen LogP contribution in [-0.4, -0.2) is 45.2 Å². The van der Waals surface area contributed by atoms with Crippen LogP contribution in [0.3, 0.4) is 0 Å². The second-order valence-corrected chi connectivity index (χ2v) is 9.91. The molecule has 1 saturated carbocycles. The van der Waals surface area contributed by atoms with Crippen LogP contribution in [0.25, 0.3) is 22.5 Å². The highest BCUT2D eigenvalue weighted by Crippen LogP contribution is 2.36. The summed E-state index contributed by atoms with van der Waals surface area (Å²) >= 11 is 0. The van der Waals surface area contributed by atoms with E-state index in [4.69, 9.17) is 14.1 Å². The molecule has 0 bridgehead atoms. The first kappa shape index (κ1) is 24.3. The van der Waals surface area contributed by atoms with Crippen molar-refractivity contribution in [2.75, 3.05) is 11.9 Å². The number of rotatable bonds is 5. The fourth-order valence-electron chi connectivity index (χ4n) is 4.17. The number of ether oxygens (including phenoxy) is 1. The molecular weight excluding hydrogens is 449 g/mol. The molecule has 1 aliphatic rings. The maximum atomic E-state index is 12.7. The maximum absolute atomic E-state index is 12.7. The van der Waals surface area contributed by atoms with E-state index in [-0.39, 0.29) is 23.8 Å². The Hall–Kier alpha value is -2.88. The number of aromatic nitrogens is 3. The van der Waals surface area contributed by atoms with E-state index in [0.29, 0.717) is 22.6 Å². The second-order valence-electron chi connectivity index (χ2n) is 9.91. The molecule has 0 saturated heterocycles. The number of halogens is 3. The van der Waals surface area contributed by atoms with Gasteiger partial charge in [-0.2, -0.15) is 13.2 Å². The van der Waals surface area contributed by atoms with Crippen molar-refractivity contribution in [3.05, 3.63) is 29.3 Å². The molecule has 184 valence electrons. The number of aliphatic hydroxyl groups is 1. The topological polar surface area (TPSA) is 93.3 Å². The van der Waals surface area contributed by atoms with Crippen LogP contribution >= 0.6 is 0 Å². The summed E-state index contributed by atoms with van der Waals surface area (Å²) in [6, 6.07) is 5.42. The quantitative estimate of drug-likeness (QED) is 0.497. The van der Waals surface area contributed by atoms with E-state index in [2.05, 4.69) is 15.5 Å². The van der Waals surface area contributed by atoms with E-state index in [1.54, 1.807) is 18.2 Å². The molecule has 34 heavy (non-hydrogen) atoms. The first-order valence-electron chi connectivity index (χ1n) is 11.3. The van der Waals surface area contributed by atoms with Crippen molar-refractivity contribution in [1.82, 2.24) is 15.2 Å². The molecular formula is C24H29F3N4O3. The highest BCUT2D eigenvalue weighted by atomic mass is 19.4. The Labute approximate surface area is 195 Å². The summed E-state index contributed by atoms with van der Waals surface area (Å²) in [7, 11) is 0. The van der Waals surface area contributed by atoms with Crippen molar-refractivity contribution in [3.8, 4) is 17.3 Å². The van der Waals surface area contributed by atoms with Crippen LogP contribution in [0.2, 0.25) is 0 Å². The van der Waals surface area contributed by atoms with Crippen LogP contribution in [0.5, 0.6) is 5.75 Å². The first-order chi connectivity index (χ1) is 15.9. The fraction of sp³-hybridized carbons (Fsp3) is 0.542. The predicted octanol–water partition coefficient (Wildman–Crippen LogP) is 5.55. The number of nitrogens with one attached hydrogen (secondary N) is 1. The van der Waals surface area contributed by atoms with Crippen LogP contribution < -0.4 is 10.1 Å². The minimum atomic E-state index is -4.42. The number of aryl methyl sites for hydroxylation is 1. The van der Waals surface area contributed by atoms with Gasteiger partial charge in [0.15, 0.2) is 6.61 Å². The third-order valence-corrected chi connectivity index (χ3v) is 5.97.